The van der Waals surface area contributed by atoms with Gasteiger partial charge in [0.2, 0.25) is 0 Å². The maximum Gasteiger partial charge on any atom is 0.119 e. The van der Waals surface area contributed by atoms with Crippen LogP contribution in [0, 0.1) is 0 Å². The van der Waals surface area contributed by atoms with Crippen molar-refractivity contribution in [3.63, 3.8) is 0 Å². The van der Waals surface area contributed by atoms with Gasteiger partial charge in [0.15, 0.2) is 0 Å². The van der Waals surface area contributed by atoms with E-state index in [4.69, 9.17) is 16.3 Å². The molecule has 0 bridgehead atoms. The van der Waals surface area contributed by atoms with E-state index in [1.54, 1.807) is 7.11 Å². The van der Waals surface area contributed by atoms with Gasteiger partial charge in [-0.15, -0.1) is 11.6 Å². The molecule has 1 aromatic rings. The second-order valence-corrected chi connectivity index (χ2v) is 3.71. The van der Waals surface area contributed by atoms with E-state index >= 15 is 0 Å². The first kappa shape index (κ1) is 8.85. The molecule has 0 amide bonds. The summed E-state index contributed by atoms with van der Waals surface area (Å²) in [5.74, 6) is 0.816. The predicted molar refractivity (Wildman–Crippen MR) is 51.3 cm³/mol. The Hall–Kier alpha value is -0.730. The molecule has 2 rings (SSSR count). The quantitative estimate of drug-likeness (QED) is 0.699. The van der Waals surface area contributed by atoms with Crippen molar-refractivity contribution in [3.05, 3.63) is 29.3 Å². The van der Waals surface area contributed by atoms with E-state index in [1.807, 2.05) is 18.2 Å². The fourth-order valence-electron chi connectivity index (χ4n) is 1.69. The van der Waals surface area contributed by atoms with Crippen LogP contribution >= 0.6 is 11.6 Å². The normalized spacial score (nSPS) is 25.8. The number of hydrogen-bond acceptors (Lipinski definition) is 2. The Morgan fingerprint density at radius 2 is 2.31 bits per heavy atom. The molecule has 0 saturated heterocycles. The lowest BCUT2D eigenvalue weighted by Crippen LogP contribution is -2.07. The first-order valence-electron chi connectivity index (χ1n) is 4.21. The van der Waals surface area contributed by atoms with Gasteiger partial charge in [0.05, 0.1) is 18.6 Å². The lowest BCUT2D eigenvalue weighted by atomic mass is 10.1. The van der Waals surface area contributed by atoms with Crippen LogP contribution in [-0.4, -0.2) is 18.3 Å². The molecule has 0 fully saturated rings. The van der Waals surface area contributed by atoms with Gasteiger partial charge in [-0.05, 0) is 23.3 Å². The summed E-state index contributed by atoms with van der Waals surface area (Å²) in [6, 6.07) is 5.72. The van der Waals surface area contributed by atoms with Gasteiger partial charge >= 0.3 is 0 Å². The van der Waals surface area contributed by atoms with Crippen molar-refractivity contribution in [3.8, 4) is 5.75 Å². The molecular formula is C10H11ClO2. The SMILES string of the molecule is COc1ccc2c(c1)C[C@@H](O)[C@@H]2Cl. The Balaban J connectivity index is 2.40. The molecule has 13 heavy (non-hydrogen) atoms. The second-order valence-electron chi connectivity index (χ2n) is 3.24. The second kappa shape index (κ2) is 3.20. The molecule has 3 heteroatoms. The zero-order valence-electron chi connectivity index (χ0n) is 7.33. The van der Waals surface area contributed by atoms with Crippen molar-refractivity contribution in [1.82, 2.24) is 0 Å². The van der Waals surface area contributed by atoms with E-state index in [0.29, 0.717) is 6.42 Å². The van der Waals surface area contributed by atoms with Gasteiger partial charge in [0.1, 0.15) is 5.75 Å². The number of hydrogen-bond donors (Lipinski definition) is 1. The minimum Gasteiger partial charge on any atom is -0.497 e. The Kier molecular flexibility index (Phi) is 2.18. The third-order valence-electron chi connectivity index (χ3n) is 2.41. The monoisotopic (exact) mass is 198 g/mol. The molecule has 0 radical (unpaired) electrons. The standard InChI is InChI=1S/C10H11ClO2/c1-13-7-2-3-8-6(4-7)5-9(12)10(8)11/h2-4,9-10,12H,5H2,1H3/t9-,10-/m1/s1. The van der Waals surface area contributed by atoms with Crippen LogP contribution in [0.4, 0.5) is 0 Å². The van der Waals surface area contributed by atoms with Crippen LogP contribution in [0.1, 0.15) is 16.5 Å². The molecule has 0 saturated carbocycles. The zero-order chi connectivity index (χ0) is 9.42. The van der Waals surface area contributed by atoms with E-state index in [1.165, 1.54) is 0 Å². The fraction of sp³-hybridized carbons (Fsp3) is 0.400. The van der Waals surface area contributed by atoms with Gasteiger partial charge < -0.3 is 9.84 Å². The summed E-state index contributed by atoms with van der Waals surface area (Å²) in [5, 5.41) is 9.25. The Morgan fingerprint density at radius 3 is 3.00 bits per heavy atom. The molecule has 1 N–H and O–H groups in total. The molecule has 0 spiro atoms. The van der Waals surface area contributed by atoms with Crippen LogP contribution < -0.4 is 4.74 Å². The number of aliphatic hydroxyl groups is 1. The molecule has 0 heterocycles. The Labute approximate surface area is 82.1 Å². The number of ether oxygens (including phenoxy) is 1. The molecule has 0 unspecified atom stereocenters. The summed E-state index contributed by atoms with van der Waals surface area (Å²) in [6.07, 6.45) is 0.171. The molecule has 2 atom stereocenters. The zero-order valence-corrected chi connectivity index (χ0v) is 8.08. The smallest absolute Gasteiger partial charge is 0.119 e. The lowest BCUT2D eigenvalue weighted by Gasteiger charge is -2.06. The van der Waals surface area contributed by atoms with Gasteiger partial charge in [0.25, 0.3) is 0 Å². The Morgan fingerprint density at radius 1 is 1.54 bits per heavy atom. The fourth-order valence-corrected chi connectivity index (χ4v) is 1.99. The minimum atomic E-state index is -0.455. The van der Waals surface area contributed by atoms with Crippen LogP contribution in [0.15, 0.2) is 18.2 Å². The van der Waals surface area contributed by atoms with Crippen molar-refractivity contribution < 1.29 is 9.84 Å². The average Bonchev–Trinajstić information content (AvgIpc) is 2.42. The predicted octanol–water partition coefficient (Wildman–Crippen LogP) is 1.89. The van der Waals surface area contributed by atoms with Crippen LogP contribution in [-0.2, 0) is 6.42 Å². The third kappa shape index (κ3) is 1.40. The summed E-state index contributed by atoms with van der Waals surface area (Å²) >= 11 is 6.00. The summed E-state index contributed by atoms with van der Waals surface area (Å²) in [7, 11) is 1.63. The van der Waals surface area contributed by atoms with Gasteiger partial charge in [-0.25, -0.2) is 0 Å². The largest absolute Gasteiger partial charge is 0.497 e. The van der Waals surface area contributed by atoms with Crippen LogP contribution in [0.5, 0.6) is 5.75 Å². The first-order chi connectivity index (χ1) is 6.22. The maximum atomic E-state index is 9.51. The maximum absolute atomic E-state index is 9.51. The molecule has 2 nitrogen and oxygen atoms in total. The van der Waals surface area contributed by atoms with E-state index in [9.17, 15) is 5.11 Å². The summed E-state index contributed by atoms with van der Waals surface area (Å²) in [6.45, 7) is 0. The van der Waals surface area contributed by atoms with Crippen LogP contribution in [0.25, 0.3) is 0 Å². The van der Waals surface area contributed by atoms with E-state index in [2.05, 4.69) is 0 Å². The van der Waals surface area contributed by atoms with Crippen LogP contribution in [0.3, 0.4) is 0 Å². The van der Waals surface area contributed by atoms with Crippen LogP contribution in [0.2, 0.25) is 0 Å². The topological polar surface area (TPSA) is 29.5 Å². The lowest BCUT2D eigenvalue weighted by molar-refractivity contribution is 0.182. The first-order valence-corrected chi connectivity index (χ1v) is 4.65. The van der Waals surface area contributed by atoms with Gasteiger partial charge in [-0.2, -0.15) is 0 Å². The molecule has 1 aromatic carbocycles. The van der Waals surface area contributed by atoms with Gasteiger partial charge in [0, 0.05) is 6.42 Å². The highest BCUT2D eigenvalue weighted by Gasteiger charge is 2.29. The van der Waals surface area contributed by atoms with Crippen molar-refractivity contribution in [2.24, 2.45) is 0 Å². The number of fused-ring (bicyclic) bond motifs is 1. The highest BCUT2D eigenvalue weighted by Crippen LogP contribution is 2.37. The number of methoxy groups -OCH3 is 1. The average molecular weight is 199 g/mol. The Bertz CT molecular complexity index is 325. The van der Waals surface area contributed by atoms with Crippen molar-refractivity contribution in [2.75, 3.05) is 7.11 Å². The summed E-state index contributed by atoms with van der Waals surface area (Å²) < 4.78 is 5.09. The summed E-state index contributed by atoms with van der Waals surface area (Å²) in [5.41, 5.74) is 2.11. The number of halogens is 1. The molecule has 0 aliphatic heterocycles. The highest BCUT2D eigenvalue weighted by molar-refractivity contribution is 6.21. The highest BCUT2D eigenvalue weighted by atomic mass is 35.5. The molecule has 1 aliphatic rings. The molecule has 1 aliphatic carbocycles. The molecule has 0 aromatic heterocycles. The van der Waals surface area contributed by atoms with E-state index in [-0.39, 0.29) is 5.38 Å². The number of rotatable bonds is 1. The van der Waals surface area contributed by atoms with Crippen molar-refractivity contribution in [1.29, 1.82) is 0 Å². The van der Waals surface area contributed by atoms with Gasteiger partial charge in [-0.1, -0.05) is 6.07 Å². The summed E-state index contributed by atoms with van der Waals surface area (Å²) in [4.78, 5) is 0. The number of alkyl halides is 1. The number of benzene rings is 1. The molecule has 70 valence electrons. The van der Waals surface area contributed by atoms with Gasteiger partial charge in [-0.3, -0.25) is 0 Å². The van der Waals surface area contributed by atoms with E-state index in [0.717, 1.165) is 16.9 Å². The molecular weight excluding hydrogens is 188 g/mol. The van der Waals surface area contributed by atoms with Crippen molar-refractivity contribution >= 4 is 11.6 Å². The van der Waals surface area contributed by atoms with E-state index < -0.39 is 6.10 Å². The minimum absolute atomic E-state index is 0.263. The third-order valence-corrected chi connectivity index (χ3v) is 2.94. The number of aliphatic hydroxyl groups excluding tert-OH is 1. The van der Waals surface area contributed by atoms with Crippen molar-refractivity contribution in [2.45, 2.75) is 17.9 Å².